The number of benzene rings is 1. The SMILES string of the molecule is CCOc1ccc2nc(N3CCN(C(=O)NC4CCCC4)CC3)sc2c1. The summed E-state index contributed by atoms with van der Waals surface area (Å²) in [6.45, 7) is 5.82. The van der Waals surface area contributed by atoms with Gasteiger partial charge in [0.1, 0.15) is 5.75 Å². The Morgan fingerprint density at radius 1 is 1.27 bits per heavy atom. The van der Waals surface area contributed by atoms with Crippen molar-refractivity contribution >= 4 is 32.7 Å². The van der Waals surface area contributed by atoms with Gasteiger partial charge in [-0.1, -0.05) is 24.2 Å². The predicted octanol–water partition coefficient (Wildman–Crippen LogP) is 3.47. The van der Waals surface area contributed by atoms with Crippen LogP contribution in [-0.4, -0.2) is 54.7 Å². The van der Waals surface area contributed by atoms with Crippen LogP contribution in [0, 0.1) is 0 Å². The van der Waals surface area contributed by atoms with Crippen LogP contribution in [0.1, 0.15) is 32.6 Å². The van der Waals surface area contributed by atoms with E-state index in [1.807, 2.05) is 24.0 Å². The van der Waals surface area contributed by atoms with E-state index in [2.05, 4.69) is 16.3 Å². The fourth-order valence-corrected chi connectivity index (χ4v) is 4.77. The number of nitrogens with zero attached hydrogens (tertiary/aromatic N) is 3. The first kappa shape index (κ1) is 17.4. The molecule has 4 rings (SSSR count). The van der Waals surface area contributed by atoms with Gasteiger partial charge in [-0.3, -0.25) is 0 Å². The highest BCUT2D eigenvalue weighted by molar-refractivity contribution is 7.22. The number of carbonyl (C=O) groups is 1. The average Bonchev–Trinajstić information content (AvgIpc) is 3.31. The molecule has 0 spiro atoms. The van der Waals surface area contributed by atoms with Crippen LogP contribution in [0.2, 0.25) is 0 Å². The number of thiazole rings is 1. The number of amides is 2. The number of fused-ring (bicyclic) bond motifs is 1. The van der Waals surface area contributed by atoms with Crippen LogP contribution >= 0.6 is 11.3 Å². The minimum atomic E-state index is 0.0993. The van der Waals surface area contributed by atoms with Crippen molar-refractivity contribution in [2.75, 3.05) is 37.7 Å². The molecule has 2 amide bonds. The summed E-state index contributed by atoms with van der Waals surface area (Å²) in [7, 11) is 0. The molecule has 0 atom stereocenters. The van der Waals surface area contributed by atoms with Crippen molar-refractivity contribution in [2.45, 2.75) is 38.6 Å². The molecule has 0 unspecified atom stereocenters. The Hall–Kier alpha value is -2.02. The zero-order valence-corrected chi connectivity index (χ0v) is 16.1. The van der Waals surface area contributed by atoms with Gasteiger partial charge in [-0.25, -0.2) is 9.78 Å². The number of nitrogens with one attached hydrogen (secondary N) is 1. The largest absolute Gasteiger partial charge is 0.494 e. The third kappa shape index (κ3) is 3.72. The van der Waals surface area contributed by atoms with Gasteiger partial charge in [0.15, 0.2) is 5.13 Å². The molecular weight excluding hydrogens is 348 g/mol. The monoisotopic (exact) mass is 374 g/mol. The van der Waals surface area contributed by atoms with Crippen LogP contribution in [0.4, 0.5) is 9.93 Å². The molecule has 2 fully saturated rings. The molecule has 7 heteroatoms. The Labute approximate surface area is 158 Å². The van der Waals surface area contributed by atoms with E-state index in [0.717, 1.165) is 60.1 Å². The lowest BCUT2D eigenvalue weighted by Crippen LogP contribution is -2.53. The first-order chi connectivity index (χ1) is 12.7. The average molecular weight is 375 g/mol. The Kier molecular flexibility index (Phi) is 5.15. The van der Waals surface area contributed by atoms with Crippen molar-refractivity contribution in [1.82, 2.24) is 15.2 Å². The molecular formula is C19H26N4O2S. The number of carbonyl (C=O) groups excluding carboxylic acids is 1. The summed E-state index contributed by atoms with van der Waals surface area (Å²) in [5.41, 5.74) is 1.01. The molecule has 1 saturated heterocycles. The highest BCUT2D eigenvalue weighted by Gasteiger charge is 2.25. The number of piperazine rings is 1. The highest BCUT2D eigenvalue weighted by atomic mass is 32.1. The molecule has 1 N–H and O–H groups in total. The molecule has 1 aromatic heterocycles. The van der Waals surface area contributed by atoms with Crippen LogP contribution < -0.4 is 15.0 Å². The molecule has 6 nitrogen and oxygen atoms in total. The second kappa shape index (κ2) is 7.70. The van der Waals surface area contributed by atoms with Gasteiger partial charge in [0.05, 0.1) is 16.8 Å². The Morgan fingerprint density at radius 2 is 2.04 bits per heavy atom. The van der Waals surface area contributed by atoms with Crippen LogP contribution in [-0.2, 0) is 0 Å². The van der Waals surface area contributed by atoms with Crippen molar-refractivity contribution in [3.8, 4) is 5.75 Å². The smallest absolute Gasteiger partial charge is 0.317 e. The molecule has 2 heterocycles. The van der Waals surface area contributed by atoms with Gasteiger partial charge in [-0.2, -0.15) is 0 Å². The number of aromatic nitrogens is 1. The van der Waals surface area contributed by atoms with Crippen LogP contribution in [0.3, 0.4) is 0 Å². The summed E-state index contributed by atoms with van der Waals surface area (Å²) in [6.07, 6.45) is 4.73. The first-order valence-electron chi connectivity index (χ1n) is 9.56. The van der Waals surface area contributed by atoms with Crippen molar-refractivity contribution in [1.29, 1.82) is 0 Å². The number of hydrogen-bond acceptors (Lipinski definition) is 5. The summed E-state index contributed by atoms with van der Waals surface area (Å²) in [5.74, 6) is 0.892. The van der Waals surface area contributed by atoms with Gasteiger partial charge >= 0.3 is 6.03 Å². The lowest BCUT2D eigenvalue weighted by atomic mass is 10.2. The lowest BCUT2D eigenvalue weighted by Gasteiger charge is -2.35. The van der Waals surface area contributed by atoms with Gasteiger partial charge in [0.25, 0.3) is 0 Å². The standard InChI is InChI=1S/C19H26N4O2S/c1-2-25-15-7-8-16-17(13-15)26-19(21-16)23-11-9-22(10-12-23)18(24)20-14-5-3-4-6-14/h7-8,13-14H,2-6,9-12H2,1H3,(H,20,24). The fourth-order valence-electron chi connectivity index (χ4n) is 3.72. The minimum Gasteiger partial charge on any atom is -0.494 e. The number of urea groups is 1. The van der Waals surface area contributed by atoms with E-state index in [1.54, 1.807) is 11.3 Å². The Morgan fingerprint density at radius 3 is 2.77 bits per heavy atom. The van der Waals surface area contributed by atoms with E-state index < -0.39 is 0 Å². The summed E-state index contributed by atoms with van der Waals surface area (Å²) in [6, 6.07) is 6.53. The molecule has 1 saturated carbocycles. The van der Waals surface area contributed by atoms with Crippen molar-refractivity contribution in [2.24, 2.45) is 0 Å². The quantitative estimate of drug-likeness (QED) is 0.890. The van der Waals surface area contributed by atoms with Gasteiger partial charge in [-0.15, -0.1) is 0 Å². The molecule has 1 aliphatic carbocycles. The van der Waals surface area contributed by atoms with Gasteiger partial charge < -0.3 is 19.9 Å². The zero-order chi connectivity index (χ0) is 17.9. The van der Waals surface area contributed by atoms with E-state index in [0.29, 0.717) is 12.6 Å². The predicted molar refractivity (Wildman–Crippen MR) is 105 cm³/mol. The second-order valence-electron chi connectivity index (χ2n) is 6.96. The zero-order valence-electron chi connectivity index (χ0n) is 15.2. The topological polar surface area (TPSA) is 57.7 Å². The van der Waals surface area contributed by atoms with Crippen molar-refractivity contribution in [3.05, 3.63) is 18.2 Å². The second-order valence-corrected chi connectivity index (χ2v) is 7.97. The van der Waals surface area contributed by atoms with E-state index in [4.69, 9.17) is 9.72 Å². The van der Waals surface area contributed by atoms with Gasteiger partial charge in [-0.05, 0) is 38.0 Å². The number of hydrogen-bond donors (Lipinski definition) is 1. The molecule has 2 aromatic rings. The molecule has 2 aliphatic rings. The number of ether oxygens (including phenoxy) is 1. The maximum absolute atomic E-state index is 12.4. The summed E-state index contributed by atoms with van der Waals surface area (Å²) >= 11 is 1.70. The van der Waals surface area contributed by atoms with E-state index in [-0.39, 0.29) is 6.03 Å². The molecule has 1 aromatic carbocycles. The van der Waals surface area contributed by atoms with E-state index in [9.17, 15) is 4.79 Å². The van der Waals surface area contributed by atoms with Crippen molar-refractivity contribution in [3.63, 3.8) is 0 Å². The van der Waals surface area contributed by atoms with E-state index >= 15 is 0 Å². The maximum Gasteiger partial charge on any atom is 0.317 e. The number of rotatable bonds is 4. The minimum absolute atomic E-state index is 0.0993. The van der Waals surface area contributed by atoms with Crippen LogP contribution in [0.25, 0.3) is 10.2 Å². The first-order valence-corrected chi connectivity index (χ1v) is 10.4. The summed E-state index contributed by atoms with van der Waals surface area (Å²) in [4.78, 5) is 21.4. The third-order valence-corrected chi connectivity index (χ3v) is 6.26. The van der Waals surface area contributed by atoms with Crippen molar-refractivity contribution < 1.29 is 9.53 Å². The Bertz CT molecular complexity index is 764. The van der Waals surface area contributed by atoms with Gasteiger partial charge in [0.2, 0.25) is 0 Å². The number of anilines is 1. The van der Waals surface area contributed by atoms with Gasteiger partial charge in [0, 0.05) is 32.2 Å². The van der Waals surface area contributed by atoms with Crippen LogP contribution in [0.15, 0.2) is 18.2 Å². The lowest BCUT2D eigenvalue weighted by molar-refractivity contribution is 0.190. The summed E-state index contributed by atoms with van der Waals surface area (Å²) < 4.78 is 6.72. The third-order valence-electron chi connectivity index (χ3n) is 5.18. The molecule has 140 valence electrons. The van der Waals surface area contributed by atoms with Crippen LogP contribution in [0.5, 0.6) is 5.75 Å². The fraction of sp³-hybridized carbons (Fsp3) is 0.579. The molecule has 0 radical (unpaired) electrons. The molecule has 1 aliphatic heterocycles. The normalized spacial score (nSPS) is 18.5. The molecule has 0 bridgehead atoms. The maximum atomic E-state index is 12.4. The summed E-state index contributed by atoms with van der Waals surface area (Å²) in [5, 5.41) is 4.22. The molecule has 26 heavy (non-hydrogen) atoms. The highest BCUT2D eigenvalue weighted by Crippen LogP contribution is 2.32. The Balaban J connectivity index is 1.36. The van der Waals surface area contributed by atoms with E-state index in [1.165, 1.54) is 12.8 Å².